The Labute approximate surface area is 111 Å². The third-order valence-electron chi connectivity index (χ3n) is 3.46. The maximum absolute atomic E-state index is 10.9. The minimum Gasteiger partial charge on any atom is -0.496 e. The van der Waals surface area contributed by atoms with Crippen molar-refractivity contribution >= 4 is 5.69 Å². The number of aliphatic hydroxyl groups excluding tert-OH is 1. The number of benzene rings is 1. The first-order valence-electron chi connectivity index (χ1n) is 6.31. The first-order chi connectivity index (χ1) is 9.10. The Kier molecular flexibility index (Phi) is 4.34. The Balaban J connectivity index is 2.18. The number of non-ortho nitro benzene ring substituents is 1. The zero-order chi connectivity index (χ0) is 13.8. The zero-order valence-corrected chi connectivity index (χ0v) is 10.8. The van der Waals surface area contributed by atoms with Gasteiger partial charge in [0.15, 0.2) is 0 Å². The van der Waals surface area contributed by atoms with Gasteiger partial charge in [-0.25, -0.2) is 0 Å². The Morgan fingerprint density at radius 1 is 1.53 bits per heavy atom. The second-order valence-electron chi connectivity index (χ2n) is 4.82. The van der Waals surface area contributed by atoms with Crippen LogP contribution in [0.25, 0.3) is 0 Å². The highest BCUT2D eigenvalue weighted by atomic mass is 16.6. The number of hydrogen-bond donors (Lipinski definition) is 2. The predicted molar refractivity (Wildman–Crippen MR) is 70.3 cm³/mol. The van der Waals surface area contributed by atoms with Crippen LogP contribution in [0.4, 0.5) is 5.69 Å². The lowest BCUT2D eigenvalue weighted by Crippen LogP contribution is -2.40. The summed E-state index contributed by atoms with van der Waals surface area (Å²) < 4.78 is 5.08. The Hall–Kier alpha value is -1.66. The van der Waals surface area contributed by atoms with E-state index in [1.54, 1.807) is 12.1 Å². The van der Waals surface area contributed by atoms with Crippen LogP contribution in [-0.2, 0) is 6.42 Å². The summed E-state index contributed by atoms with van der Waals surface area (Å²) in [6, 6.07) is 4.73. The molecule has 1 heterocycles. The van der Waals surface area contributed by atoms with Crippen molar-refractivity contribution in [2.75, 3.05) is 20.2 Å². The summed E-state index contributed by atoms with van der Waals surface area (Å²) in [6.45, 7) is 1.54. The van der Waals surface area contributed by atoms with E-state index in [2.05, 4.69) is 5.32 Å². The molecule has 104 valence electrons. The van der Waals surface area contributed by atoms with Crippen LogP contribution in [0, 0.1) is 16.0 Å². The van der Waals surface area contributed by atoms with Gasteiger partial charge in [-0.1, -0.05) is 0 Å². The van der Waals surface area contributed by atoms with Crippen LogP contribution in [0.1, 0.15) is 12.0 Å². The fourth-order valence-electron chi connectivity index (χ4n) is 2.40. The number of nitrogens with one attached hydrogen (secondary N) is 1. The summed E-state index contributed by atoms with van der Waals surface area (Å²) in [7, 11) is 1.49. The lowest BCUT2D eigenvalue weighted by atomic mass is 9.89. The van der Waals surface area contributed by atoms with Crippen LogP contribution in [-0.4, -0.2) is 36.3 Å². The van der Waals surface area contributed by atoms with E-state index in [0.29, 0.717) is 12.2 Å². The molecule has 6 nitrogen and oxygen atoms in total. The molecule has 1 aromatic rings. The molecule has 0 spiro atoms. The van der Waals surface area contributed by atoms with E-state index in [4.69, 9.17) is 4.74 Å². The third kappa shape index (κ3) is 3.42. The molecule has 2 N–H and O–H groups in total. The normalized spacial score (nSPS) is 23.1. The van der Waals surface area contributed by atoms with Gasteiger partial charge < -0.3 is 15.2 Å². The number of aliphatic hydroxyl groups is 1. The lowest BCUT2D eigenvalue weighted by molar-refractivity contribution is -0.385. The average molecular weight is 266 g/mol. The highest BCUT2D eigenvalue weighted by Gasteiger charge is 2.24. The van der Waals surface area contributed by atoms with E-state index in [0.717, 1.165) is 25.1 Å². The van der Waals surface area contributed by atoms with Crippen LogP contribution in [0.3, 0.4) is 0 Å². The first kappa shape index (κ1) is 13.8. The van der Waals surface area contributed by atoms with E-state index in [9.17, 15) is 15.2 Å². The summed E-state index contributed by atoms with van der Waals surface area (Å²) in [5.41, 5.74) is 0.839. The summed E-state index contributed by atoms with van der Waals surface area (Å²) in [5, 5.41) is 24.0. The number of piperidine rings is 1. The van der Waals surface area contributed by atoms with E-state index >= 15 is 0 Å². The molecule has 0 bridgehead atoms. The van der Waals surface area contributed by atoms with Crippen LogP contribution < -0.4 is 10.1 Å². The largest absolute Gasteiger partial charge is 0.496 e. The molecular formula is C13H18N2O4. The van der Waals surface area contributed by atoms with Gasteiger partial charge in [0, 0.05) is 18.5 Å². The second-order valence-corrected chi connectivity index (χ2v) is 4.82. The van der Waals surface area contributed by atoms with Crippen LogP contribution in [0.5, 0.6) is 5.75 Å². The van der Waals surface area contributed by atoms with Crippen molar-refractivity contribution in [1.82, 2.24) is 5.32 Å². The van der Waals surface area contributed by atoms with Gasteiger partial charge in [-0.05, 0) is 31.0 Å². The van der Waals surface area contributed by atoms with Gasteiger partial charge in [0.1, 0.15) is 5.75 Å². The zero-order valence-electron chi connectivity index (χ0n) is 10.8. The summed E-state index contributed by atoms with van der Waals surface area (Å²) >= 11 is 0. The van der Waals surface area contributed by atoms with Crippen LogP contribution >= 0.6 is 0 Å². The molecule has 1 fully saturated rings. The van der Waals surface area contributed by atoms with Crippen molar-refractivity contribution in [3.05, 3.63) is 33.9 Å². The summed E-state index contributed by atoms with van der Waals surface area (Å²) in [4.78, 5) is 10.4. The number of nitro benzene ring substituents is 1. The van der Waals surface area contributed by atoms with Crippen molar-refractivity contribution < 1.29 is 14.8 Å². The van der Waals surface area contributed by atoms with Crippen molar-refractivity contribution in [2.45, 2.75) is 18.9 Å². The SMILES string of the molecule is COc1cc(CC2CNCCC2O)cc([N+](=O)[O-])c1. The molecule has 1 aliphatic heterocycles. The first-order valence-corrected chi connectivity index (χ1v) is 6.31. The molecular weight excluding hydrogens is 248 g/mol. The van der Waals surface area contributed by atoms with Crippen molar-refractivity contribution in [3.63, 3.8) is 0 Å². The fourth-order valence-corrected chi connectivity index (χ4v) is 2.40. The molecule has 0 aromatic heterocycles. The number of hydrogen-bond acceptors (Lipinski definition) is 5. The number of rotatable bonds is 4. The molecule has 2 atom stereocenters. The quantitative estimate of drug-likeness (QED) is 0.630. The topological polar surface area (TPSA) is 84.6 Å². The monoisotopic (exact) mass is 266 g/mol. The molecule has 2 rings (SSSR count). The van der Waals surface area contributed by atoms with Gasteiger partial charge in [-0.3, -0.25) is 10.1 Å². The molecule has 1 saturated heterocycles. The Bertz CT molecular complexity index is 464. The Morgan fingerprint density at radius 3 is 2.95 bits per heavy atom. The molecule has 0 amide bonds. The maximum atomic E-state index is 10.9. The molecule has 6 heteroatoms. The molecule has 0 saturated carbocycles. The van der Waals surface area contributed by atoms with Crippen LogP contribution in [0.15, 0.2) is 18.2 Å². The molecule has 1 aliphatic rings. The minimum absolute atomic E-state index is 0.0209. The lowest BCUT2D eigenvalue weighted by Gasteiger charge is -2.28. The van der Waals surface area contributed by atoms with Gasteiger partial charge in [-0.2, -0.15) is 0 Å². The predicted octanol–water partition coefficient (Wildman–Crippen LogP) is 1.12. The average Bonchev–Trinajstić information content (AvgIpc) is 2.41. The number of methoxy groups -OCH3 is 1. The number of nitrogens with zero attached hydrogens (tertiary/aromatic N) is 1. The number of ether oxygens (including phenoxy) is 1. The molecule has 19 heavy (non-hydrogen) atoms. The second kappa shape index (κ2) is 5.99. The van der Waals surface area contributed by atoms with E-state index < -0.39 is 4.92 Å². The number of nitro groups is 1. The minimum atomic E-state index is -0.429. The highest BCUT2D eigenvalue weighted by molar-refractivity contribution is 5.43. The third-order valence-corrected chi connectivity index (χ3v) is 3.46. The molecule has 0 radical (unpaired) electrons. The van der Waals surface area contributed by atoms with Crippen molar-refractivity contribution in [1.29, 1.82) is 0 Å². The Morgan fingerprint density at radius 2 is 2.32 bits per heavy atom. The van der Waals surface area contributed by atoms with Gasteiger partial charge in [0.2, 0.25) is 0 Å². The van der Waals surface area contributed by atoms with Gasteiger partial charge >= 0.3 is 0 Å². The highest BCUT2D eigenvalue weighted by Crippen LogP contribution is 2.26. The standard InChI is InChI=1S/C13H18N2O4/c1-19-12-6-9(5-11(7-12)15(17)18)4-10-8-14-3-2-13(10)16/h5-7,10,13-14,16H,2-4,8H2,1H3. The van der Waals surface area contributed by atoms with E-state index in [1.807, 2.05) is 0 Å². The molecule has 0 aliphatic carbocycles. The summed E-state index contributed by atoms with van der Waals surface area (Å²) in [6.07, 6.45) is 0.967. The van der Waals surface area contributed by atoms with Crippen LogP contribution in [0.2, 0.25) is 0 Å². The maximum Gasteiger partial charge on any atom is 0.273 e. The fraction of sp³-hybridized carbons (Fsp3) is 0.538. The van der Waals surface area contributed by atoms with Gasteiger partial charge in [-0.15, -0.1) is 0 Å². The van der Waals surface area contributed by atoms with E-state index in [1.165, 1.54) is 13.2 Å². The molecule has 2 unspecified atom stereocenters. The van der Waals surface area contributed by atoms with Gasteiger partial charge in [0.25, 0.3) is 5.69 Å². The van der Waals surface area contributed by atoms with Crippen molar-refractivity contribution in [3.8, 4) is 5.75 Å². The molecule has 1 aromatic carbocycles. The van der Waals surface area contributed by atoms with E-state index in [-0.39, 0.29) is 17.7 Å². The van der Waals surface area contributed by atoms with Gasteiger partial charge in [0.05, 0.1) is 24.2 Å². The van der Waals surface area contributed by atoms with Crippen molar-refractivity contribution in [2.24, 2.45) is 5.92 Å². The smallest absolute Gasteiger partial charge is 0.273 e. The summed E-state index contributed by atoms with van der Waals surface area (Å²) in [5.74, 6) is 0.558.